The second kappa shape index (κ2) is 6.61. The summed E-state index contributed by atoms with van der Waals surface area (Å²) in [5, 5.41) is 11.0. The summed E-state index contributed by atoms with van der Waals surface area (Å²) in [4.78, 5) is 27.9. The fourth-order valence-electron chi connectivity index (χ4n) is 3.01. The van der Waals surface area contributed by atoms with E-state index in [0.717, 1.165) is 16.5 Å². The summed E-state index contributed by atoms with van der Waals surface area (Å²) in [5.41, 5.74) is 2.60. The zero-order chi connectivity index (χ0) is 19.1. The Bertz CT molecular complexity index is 981. The lowest BCUT2D eigenvalue weighted by Gasteiger charge is -2.19. The van der Waals surface area contributed by atoms with E-state index in [1.165, 1.54) is 0 Å². The Kier molecular flexibility index (Phi) is 4.63. The largest absolute Gasteiger partial charge is 0.480 e. The second-order valence-electron chi connectivity index (χ2n) is 7.40. The third-order valence-corrected chi connectivity index (χ3v) is 4.78. The predicted molar refractivity (Wildman–Crippen MR) is 103 cm³/mol. The molecule has 0 saturated heterocycles. The summed E-state index contributed by atoms with van der Waals surface area (Å²) in [6.45, 7) is 6.27. The number of aliphatic carboxylic acids is 1. The van der Waals surface area contributed by atoms with Crippen LogP contribution in [0.2, 0.25) is 5.02 Å². The average molecular weight is 370 g/mol. The Morgan fingerprint density at radius 3 is 2.31 bits per heavy atom. The van der Waals surface area contributed by atoms with Crippen LogP contribution in [0.4, 0.5) is 0 Å². The highest BCUT2D eigenvalue weighted by Crippen LogP contribution is 2.32. The molecule has 26 heavy (non-hydrogen) atoms. The fourth-order valence-corrected chi connectivity index (χ4v) is 3.14. The first-order valence-corrected chi connectivity index (χ1v) is 8.70. The van der Waals surface area contributed by atoms with Gasteiger partial charge in [0.2, 0.25) is 0 Å². The van der Waals surface area contributed by atoms with Crippen molar-refractivity contribution in [1.29, 1.82) is 0 Å². The number of carboxylic acids is 1. The number of carbonyl (C=O) groups is 2. The van der Waals surface area contributed by atoms with E-state index in [1.54, 1.807) is 30.5 Å². The lowest BCUT2D eigenvalue weighted by atomic mass is 9.84. The zero-order valence-corrected chi connectivity index (χ0v) is 15.6. The van der Waals surface area contributed by atoms with Crippen molar-refractivity contribution >= 4 is 34.3 Å². The summed E-state index contributed by atoms with van der Waals surface area (Å²) in [5.74, 6) is -2.91. The van der Waals surface area contributed by atoms with Gasteiger partial charge in [-0.15, -0.1) is 0 Å². The molecule has 1 atom stereocenters. The molecule has 5 heteroatoms. The number of halogens is 1. The molecule has 3 rings (SSSR count). The second-order valence-corrected chi connectivity index (χ2v) is 7.83. The number of aromatic nitrogens is 1. The summed E-state index contributed by atoms with van der Waals surface area (Å²) < 4.78 is 0. The molecule has 0 bridgehead atoms. The number of fused-ring (bicyclic) bond motifs is 1. The van der Waals surface area contributed by atoms with Gasteiger partial charge in [-0.3, -0.25) is 9.59 Å². The van der Waals surface area contributed by atoms with Crippen LogP contribution in [0.1, 0.15) is 48.2 Å². The Hall–Kier alpha value is -2.59. The fraction of sp³-hybridized carbons (Fsp3) is 0.238. The smallest absolute Gasteiger partial charge is 0.319 e. The van der Waals surface area contributed by atoms with E-state index in [1.807, 2.05) is 18.2 Å². The Morgan fingerprint density at radius 1 is 1.08 bits per heavy atom. The van der Waals surface area contributed by atoms with Gasteiger partial charge in [0.15, 0.2) is 5.78 Å². The lowest BCUT2D eigenvalue weighted by molar-refractivity contribution is -0.137. The molecule has 1 heterocycles. The first-order chi connectivity index (χ1) is 12.2. The molecular formula is C21H20ClNO3. The highest BCUT2D eigenvalue weighted by Gasteiger charge is 2.31. The minimum Gasteiger partial charge on any atom is -0.480 e. The third kappa shape index (κ3) is 3.37. The van der Waals surface area contributed by atoms with E-state index in [9.17, 15) is 14.7 Å². The molecule has 0 fully saturated rings. The van der Waals surface area contributed by atoms with Crippen molar-refractivity contribution in [3.63, 3.8) is 0 Å². The molecule has 2 N–H and O–H groups in total. The molecular weight excluding hydrogens is 350 g/mol. The van der Waals surface area contributed by atoms with Crippen LogP contribution in [0.3, 0.4) is 0 Å². The van der Waals surface area contributed by atoms with Crippen molar-refractivity contribution in [3.8, 4) is 0 Å². The maximum Gasteiger partial charge on any atom is 0.319 e. The van der Waals surface area contributed by atoms with Gasteiger partial charge in [0, 0.05) is 27.7 Å². The van der Waals surface area contributed by atoms with E-state index in [4.69, 9.17) is 11.6 Å². The molecule has 0 aliphatic heterocycles. The number of Topliss-reactive ketones (excluding diaryl/α,β-unsaturated/α-hetero) is 1. The summed E-state index contributed by atoms with van der Waals surface area (Å²) in [6, 6.07) is 12.2. The van der Waals surface area contributed by atoms with Crippen LogP contribution in [0.15, 0.2) is 48.7 Å². The zero-order valence-electron chi connectivity index (χ0n) is 14.8. The van der Waals surface area contributed by atoms with Crippen molar-refractivity contribution in [3.05, 3.63) is 70.4 Å². The van der Waals surface area contributed by atoms with Crippen LogP contribution < -0.4 is 0 Å². The number of hydrogen-bond donors (Lipinski definition) is 2. The van der Waals surface area contributed by atoms with Gasteiger partial charge in [0.05, 0.1) is 0 Å². The van der Waals surface area contributed by atoms with Crippen molar-refractivity contribution in [2.24, 2.45) is 0 Å². The number of H-pyrrole nitrogens is 1. The number of benzene rings is 2. The highest BCUT2D eigenvalue weighted by molar-refractivity contribution is 6.30. The van der Waals surface area contributed by atoms with Crippen LogP contribution in [0.25, 0.3) is 10.9 Å². The van der Waals surface area contributed by atoms with Gasteiger partial charge in [0.25, 0.3) is 0 Å². The number of carbonyl (C=O) groups excluding carboxylic acids is 1. The van der Waals surface area contributed by atoms with Crippen LogP contribution in [-0.4, -0.2) is 21.8 Å². The van der Waals surface area contributed by atoms with Gasteiger partial charge in [-0.2, -0.15) is 0 Å². The minimum atomic E-state index is -1.28. The number of hydrogen-bond acceptors (Lipinski definition) is 2. The minimum absolute atomic E-state index is 0.0817. The molecule has 4 nitrogen and oxygen atoms in total. The van der Waals surface area contributed by atoms with Gasteiger partial charge in [-0.1, -0.05) is 38.4 Å². The maximum atomic E-state index is 12.9. The van der Waals surface area contributed by atoms with Crippen molar-refractivity contribution in [1.82, 2.24) is 4.98 Å². The maximum absolute atomic E-state index is 12.9. The molecule has 0 aliphatic rings. The number of aromatic amines is 1. The molecule has 3 aromatic rings. The van der Waals surface area contributed by atoms with Crippen LogP contribution in [-0.2, 0) is 10.2 Å². The van der Waals surface area contributed by atoms with Crippen LogP contribution in [0.5, 0.6) is 0 Å². The highest BCUT2D eigenvalue weighted by atomic mass is 35.5. The Labute approximate surface area is 156 Å². The third-order valence-electron chi connectivity index (χ3n) is 4.53. The molecule has 1 aromatic heterocycles. The predicted octanol–water partition coefficient (Wildman–Crippen LogP) is 5.17. The first-order valence-electron chi connectivity index (χ1n) is 8.32. The lowest BCUT2D eigenvalue weighted by Crippen LogP contribution is -2.21. The van der Waals surface area contributed by atoms with Gasteiger partial charge in [-0.05, 0) is 52.9 Å². The monoisotopic (exact) mass is 369 g/mol. The molecule has 0 saturated carbocycles. The van der Waals surface area contributed by atoms with Crippen molar-refractivity contribution in [2.75, 3.05) is 0 Å². The van der Waals surface area contributed by atoms with E-state index < -0.39 is 17.7 Å². The molecule has 2 aromatic carbocycles. The number of ketones is 1. The van der Waals surface area contributed by atoms with Crippen LogP contribution in [0, 0.1) is 0 Å². The molecule has 1 unspecified atom stereocenters. The summed E-state index contributed by atoms with van der Waals surface area (Å²) >= 11 is 5.86. The SMILES string of the molecule is CC(C)(C)c1ccc2[nH]cc(C(C(=O)O)C(=O)c3ccc(Cl)cc3)c2c1. The Morgan fingerprint density at radius 2 is 1.73 bits per heavy atom. The standard InChI is InChI=1S/C21H20ClNO3/c1-21(2,3)13-6-9-17-15(10-13)16(11-23-17)18(20(25)26)19(24)12-4-7-14(22)8-5-12/h4-11,18,23H,1-3H3,(H,25,26). The number of rotatable bonds is 4. The first kappa shape index (κ1) is 18.2. The molecule has 134 valence electrons. The average Bonchev–Trinajstić information content (AvgIpc) is 2.97. The van der Waals surface area contributed by atoms with Gasteiger partial charge < -0.3 is 10.1 Å². The molecule has 0 amide bonds. The van der Waals surface area contributed by atoms with Gasteiger partial charge in [-0.25, -0.2) is 0 Å². The van der Waals surface area contributed by atoms with Crippen molar-refractivity contribution in [2.45, 2.75) is 32.1 Å². The van der Waals surface area contributed by atoms with Gasteiger partial charge >= 0.3 is 5.97 Å². The normalized spacial score (nSPS) is 12.9. The summed E-state index contributed by atoms with van der Waals surface area (Å²) in [7, 11) is 0. The molecule has 0 aliphatic carbocycles. The Balaban J connectivity index is 2.12. The molecule has 0 spiro atoms. The topological polar surface area (TPSA) is 70.2 Å². The van der Waals surface area contributed by atoms with E-state index in [-0.39, 0.29) is 5.41 Å². The van der Waals surface area contributed by atoms with E-state index in [0.29, 0.717) is 16.1 Å². The van der Waals surface area contributed by atoms with Gasteiger partial charge in [0.1, 0.15) is 5.92 Å². The summed E-state index contributed by atoms with van der Waals surface area (Å²) in [6.07, 6.45) is 1.61. The number of carboxylic acid groups (broad SMARTS) is 1. The van der Waals surface area contributed by atoms with Crippen LogP contribution >= 0.6 is 11.6 Å². The van der Waals surface area contributed by atoms with E-state index >= 15 is 0 Å². The number of nitrogens with one attached hydrogen (secondary N) is 1. The quantitative estimate of drug-likeness (QED) is 0.492. The molecule has 0 radical (unpaired) electrons. The van der Waals surface area contributed by atoms with E-state index in [2.05, 4.69) is 25.8 Å². The van der Waals surface area contributed by atoms with Crippen molar-refractivity contribution < 1.29 is 14.7 Å².